The summed E-state index contributed by atoms with van der Waals surface area (Å²) in [6.07, 6.45) is -0.270. The number of carbonyl (C=O) groups is 1. The molecule has 3 aromatic carbocycles. The second-order valence-electron chi connectivity index (χ2n) is 6.20. The van der Waals surface area contributed by atoms with Gasteiger partial charge < -0.3 is 19.9 Å². The lowest BCUT2D eigenvalue weighted by molar-refractivity contribution is 0.0944. The smallest absolute Gasteiger partial charge is 0.251 e. The van der Waals surface area contributed by atoms with Crippen molar-refractivity contribution in [2.75, 3.05) is 13.3 Å². The first-order chi connectivity index (χ1) is 12.7. The van der Waals surface area contributed by atoms with Crippen LogP contribution < -0.4 is 14.8 Å². The molecule has 2 N–H and O–H groups in total. The molecule has 0 aliphatic carbocycles. The van der Waals surface area contributed by atoms with Crippen LogP contribution in [0.1, 0.15) is 28.4 Å². The predicted molar refractivity (Wildman–Crippen MR) is 98.4 cm³/mol. The SMILES string of the molecule is O=C(NCCC(O)c1ccc2c(c1)OCO2)c1cccc2ccccc12. The van der Waals surface area contributed by atoms with Gasteiger partial charge in [0.25, 0.3) is 5.91 Å². The number of carbonyl (C=O) groups excluding carboxylic acids is 1. The van der Waals surface area contributed by atoms with E-state index in [2.05, 4.69) is 5.32 Å². The van der Waals surface area contributed by atoms with E-state index in [0.717, 1.165) is 16.3 Å². The third kappa shape index (κ3) is 3.21. The van der Waals surface area contributed by atoms with E-state index in [-0.39, 0.29) is 12.7 Å². The lowest BCUT2D eigenvalue weighted by Gasteiger charge is -2.13. The van der Waals surface area contributed by atoms with Gasteiger partial charge in [-0.25, -0.2) is 0 Å². The minimum atomic E-state index is -0.683. The molecule has 1 aliphatic heterocycles. The highest BCUT2D eigenvalue weighted by atomic mass is 16.7. The quantitative estimate of drug-likeness (QED) is 0.741. The molecule has 0 saturated heterocycles. The van der Waals surface area contributed by atoms with Crippen molar-refractivity contribution in [3.05, 3.63) is 71.8 Å². The topological polar surface area (TPSA) is 67.8 Å². The van der Waals surface area contributed by atoms with E-state index >= 15 is 0 Å². The van der Waals surface area contributed by atoms with Crippen molar-refractivity contribution in [3.63, 3.8) is 0 Å². The fourth-order valence-corrected chi connectivity index (χ4v) is 3.13. The maximum Gasteiger partial charge on any atom is 0.251 e. The van der Waals surface area contributed by atoms with Crippen LogP contribution in [0.25, 0.3) is 10.8 Å². The monoisotopic (exact) mass is 349 g/mol. The number of hydrogen-bond acceptors (Lipinski definition) is 4. The van der Waals surface area contributed by atoms with E-state index in [9.17, 15) is 9.90 Å². The molecule has 1 amide bonds. The average molecular weight is 349 g/mol. The molecule has 1 aliphatic rings. The minimum absolute atomic E-state index is 0.139. The van der Waals surface area contributed by atoms with Crippen LogP contribution in [0.5, 0.6) is 11.5 Å². The highest BCUT2D eigenvalue weighted by Crippen LogP contribution is 2.34. The number of benzene rings is 3. The lowest BCUT2D eigenvalue weighted by Crippen LogP contribution is -2.25. The molecule has 0 fully saturated rings. The molecule has 4 rings (SSSR count). The van der Waals surface area contributed by atoms with E-state index in [1.807, 2.05) is 48.5 Å². The Hall–Kier alpha value is -3.05. The van der Waals surface area contributed by atoms with Gasteiger partial charge in [-0.1, -0.05) is 42.5 Å². The molecule has 0 radical (unpaired) electrons. The fourth-order valence-electron chi connectivity index (χ4n) is 3.13. The first-order valence-electron chi connectivity index (χ1n) is 8.56. The Morgan fingerprint density at radius 3 is 2.77 bits per heavy atom. The summed E-state index contributed by atoms with van der Waals surface area (Å²) in [7, 11) is 0. The van der Waals surface area contributed by atoms with Gasteiger partial charge in [0.05, 0.1) is 6.10 Å². The molecule has 0 aromatic heterocycles. The summed E-state index contributed by atoms with van der Waals surface area (Å²) in [5.74, 6) is 1.19. The number of rotatable bonds is 5. The summed E-state index contributed by atoms with van der Waals surface area (Å²) in [6, 6.07) is 18.8. The second-order valence-corrected chi connectivity index (χ2v) is 6.20. The van der Waals surface area contributed by atoms with Crippen molar-refractivity contribution in [3.8, 4) is 11.5 Å². The van der Waals surface area contributed by atoms with Crippen LogP contribution in [0.2, 0.25) is 0 Å². The zero-order valence-electron chi connectivity index (χ0n) is 14.1. The van der Waals surface area contributed by atoms with Crippen molar-refractivity contribution in [2.45, 2.75) is 12.5 Å². The largest absolute Gasteiger partial charge is 0.454 e. The fraction of sp³-hybridized carbons (Fsp3) is 0.190. The Balaban J connectivity index is 1.39. The van der Waals surface area contributed by atoms with Crippen molar-refractivity contribution in [1.29, 1.82) is 0 Å². The van der Waals surface area contributed by atoms with Crippen LogP contribution in [-0.2, 0) is 0 Å². The van der Waals surface area contributed by atoms with Crippen LogP contribution in [0.4, 0.5) is 0 Å². The highest BCUT2D eigenvalue weighted by Gasteiger charge is 2.17. The Morgan fingerprint density at radius 2 is 1.85 bits per heavy atom. The minimum Gasteiger partial charge on any atom is -0.454 e. The van der Waals surface area contributed by atoms with Gasteiger partial charge >= 0.3 is 0 Å². The van der Waals surface area contributed by atoms with Crippen LogP contribution in [0.3, 0.4) is 0 Å². The zero-order chi connectivity index (χ0) is 17.9. The molecular formula is C21H19NO4. The van der Waals surface area contributed by atoms with Gasteiger partial charge in [0.2, 0.25) is 6.79 Å². The van der Waals surface area contributed by atoms with E-state index in [0.29, 0.717) is 30.0 Å². The molecule has 3 aromatic rings. The molecule has 0 saturated carbocycles. The van der Waals surface area contributed by atoms with Crippen molar-refractivity contribution in [1.82, 2.24) is 5.32 Å². The molecule has 26 heavy (non-hydrogen) atoms. The standard InChI is InChI=1S/C21H19NO4/c23-18(15-8-9-19-20(12-15)26-13-25-19)10-11-22-21(24)17-7-3-5-14-4-1-2-6-16(14)17/h1-9,12,18,23H,10-11,13H2,(H,22,24). The van der Waals surface area contributed by atoms with E-state index in [4.69, 9.17) is 9.47 Å². The van der Waals surface area contributed by atoms with Gasteiger partial charge in [-0.05, 0) is 41.0 Å². The molecular weight excluding hydrogens is 330 g/mol. The number of nitrogens with one attached hydrogen (secondary N) is 1. The highest BCUT2D eigenvalue weighted by molar-refractivity contribution is 6.06. The summed E-state index contributed by atoms with van der Waals surface area (Å²) >= 11 is 0. The van der Waals surface area contributed by atoms with Gasteiger partial charge in [0.15, 0.2) is 11.5 Å². The third-order valence-corrected chi connectivity index (χ3v) is 4.52. The molecule has 5 nitrogen and oxygen atoms in total. The van der Waals surface area contributed by atoms with E-state index in [1.54, 1.807) is 12.1 Å². The zero-order valence-corrected chi connectivity index (χ0v) is 14.1. The van der Waals surface area contributed by atoms with Gasteiger partial charge in [-0.15, -0.1) is 0 Å². The average Bonchev–Trinajstić information content (AvgIpc) is 3.15. The number of ether oxygens (including phenoxy) is 2. The Bertz CT molecular complexity index is 948. The normalized spacial score (nSPS) is 13.6. The summed E-state index contributed by atoms with van der Waals surface area (Å²) in [6.45, 7) is 0.577. The number of fused-ring (bicyclic) bond motifs is 2. The molecule has 1 unspecified atom stereocenters. The van der Waals surface area contributed by atoms with Crippen LogP contribution in [0, 0.1) is 0 Å². The predicted octanol–water partition coefficient (Wildman–Crippen LogP) is 3.42. The summed E-state index contributed by atoms with van der Waals surface area (Å²) < 4.78 is 10.6. The molecule has 132 valence electrons. The van der Waals surface area contributed by atoms with Crippen LogP contribution in [-0.4, -0.2) is 24.4 Å². The summed E-state index contributed by atoms with van der Waals surface area (Å²) in [4.78, 5) is 12.5. The summed E-state index contributed by atoms with van der Waals surface area (Å²) in [5.41, 5.74) is 1.38. The molecule has 1 atom stereocenters. The van der Waals surface area contributed by atoms with E-state index in [1.165, 1.54) is 0 Å². The van der Waals surface area contributed by atoms with Gasteiger partial charge in [0, 0.05) is 12.1 Å². The van der Waals surface area contributed by atoms with Crippen LogP contribution in [0.15, 0.2) is 60.7 Å². The van der Waals surface area contributed by atoms with Crippen molar-refractivity contribution in [2.24, 2.45) is 0 Å². The first kappa shape index (κ1) is 16.4. The van der Waals surface area contributed by atoms with Crippen LogP contribution >= 0.6 is 0 Å². The Labute approximate surface area is 151 Å². The van der Waals surface area contributed by atoms with Crippen molar-refractivity contribution < 1.29 is 19.4 Å². The molecule has 1 heterocycles. The first-order valence-corrected chi connectivity index (χ1v) is 8.56. The lowest BCUT2D eigenvalue weighted by atomic mass is 10.0. The maximum atomic E-state index is 12.5. The molecule has 0 bridgehead atoms. The second kappa shape index (κ2) is 7.06. The van der Waals surface area contributed by atoms with Gasteiger partial charge in [-0.2, -0.15) is 0 Å². The molecule has 5 heteroatoms. The van der Waals surface area contributed by atoms with E-state index < -0.39 is 6.10 Å². The number of hydrogen-bond donors (Lipinski definition) is 2. The number of aliphatic hydroxyl groups excluding tert-OH is 1. The number of amides is 1. The Morgan fingerprint density at radius 1 is 1.04 bits per heavy atom. The van der Waals surface area contributed by atoms with Gasteiger partial charge in [0.1, 0.15) is 0 Å². The number of aliphatic hydroxyl groups is 1. The van der Waals surface area contributed by atoms with Crippen molar-refractivity contribution >= 4 is 16.7 Å². The summed E-state index contributed by atoms with van der Waals surface area (Å²) in [5, 5.41) is 15.2. The third-order valence-electron chi connectivity index (χ3n) is 4.52. The Kier molecular flexibility index (Phi) is 4.46. The molecule has 0 spiro atoms. The van der Waals surface area contributed by atoms with Gasteiger partial charge in [-0.3, -0.25) is 4.79 Å². The maximum absolute atomic E-state index is 12.5.